The maximum Gasteiger partial charge on any atom is 0.264 e. The Hall–Kier alpha value is -2.21. The first-order chi connectivity index (χ1) is 12.0. The highest BCUT2D eigenvalue weighted by molar-refractivity contribution is 7.12. The number of carbonyl (C=O) groups is 2. The Morgan fingerprint density at radius 2 is 1.72 bits per heavy atom. The Morgan fingerprint density at radius 1 is 1.08 bits per heavy atom. The molecule has 1 aromatic heterocycles. The molecule has 1 unspecified atom stereocenters. The van der Waals surface area contributed by atoms with E-state index in [2.05, 4.69) is 0 Å². The standard InChI is InChI=1S/C19H21FN2O2S/c1-14(15-4-6-16(20)7-5-15)13-18(23)21-8-10-22(11-9-21)19(24)17-3-2-12-25-17/h2-7,12,14H,8-11,13H2,1H3. The Bertz CT molecular complexity index is 722. The molecule has 2 heterocycles. The molecule has 1 aliphatic heterocycles. The molecule has 2 aromatic rings. The Morgan fingerprint density at radius 3 is 2.32 bits per heavy atom. The second-order valence-corrected chi connectivity index (χ2v) is 7.25. The number of carbonyl (C=O) groups excluding carboxylic acids is 2. The van der Waals surface area contributed by atoms with Crippen LogP contribution in [0.3, 0.4) is 0 Å². The van der Waals surface area contributed by atoms with E-state index in [0.717, 1.165) is 10.4 Å². The van der Waals surface area contributed by atoms with Crippen LogP contribution in [-0.4, -0.2) is 47.8 Å². The Balaban J connectivity index is 1.51. The maximum absolute atomic E-state index is 13.0. The van der Waals surface area contributed by atoms with E-state index in [4.69, 9.17) is 0 Å². The fourth-order valence-corrected chi connectivity index (χ4v) is 3.71. The smallest absolute Gasteiger partial charge is 0.264 e. The van der Waals surface area contributed by atoms with E-state index in [0.29, 0.717) is 32.6 Å². The molecule has 3 rings (SSSR count). The molecule has 0 saturated carbocycles. The predicted molar refractivity (Wildman–Crippen MR) is 96.2 cm³/mol. The van der Waals surface area contributed by atoms with Crippen LogP contribution in [-0.2, 0) is 4.79 Å². The molecule has 0 radical (unpaired) electrons. The van der Waals surface area contributed by atoms with Crippen LogP contribution in [0.5, 0.6) is 0 Å². The molecule has 1 fully saturated rings. The first kappa shape index (κ1) is 17.6. The number of hydrogen-bond donors (Lipinski definition) is 0. The van der Waals surface area contributed by atoms with Crippen molar-refractivity contribution >= 4 is 23.2 Å². The van der Waals surface area contributed by atoms with Gasteiger partial charge < -0.3 is 9.80 Å². The first-order valence-electron chi connectivity index (χ1n) is 8.40. The van der Waals surface area contributed by atoms with Crippen molar-refractivity contribution in [2.45, 2.75) is 19.3 Å². The summed E-state index contributed by atoms with van der Waals surface area (Å²) in [6.07, 6.45) is 0.393. The van der Waals surface area contributed by atoms with Crippen molar-refractivity contribution in [1.82, 2.24) is 9.80 Å². The van der Waals surface area contributed by atoms with E-state index in [1.807, 2.05) is 29.3 Å². The van der Waals surface area contributed by atoms with Gasteiger partial charge in [0.25, 0.3) is 5.91 Å². The summed E-state index contributed by atoms with van der Waals surface area (Å²) in [6.45, 7) is 4.22. The summed E-state index contributed by atoms with van der Waals surface area (Å²) in [5.41, 5.74) is 0.959. The highest BCUT2D eigenvalue weighted by Crippen LogP contribution is 2.21. The van der Waals surface area contributed by atoms with Crippen LogP contribution < -0.4 is 0 Å². The summed E-state index contributed by atoms with van der Waals surface area (Å²) in [5.74, 6) is -0.102. The lowest BCUT2D eigenvalue weighted by atomic mass is 9.97. The summed E-state index contributed by atoms with van der Waals surface area (Å²) >= 11 is 1.44. The molecule has 0 spiro atoms. The monoisotopic (exact) mass is 360 g/mol. The van der Waals surface area contributed by atoms with Crippen molar-refractivity contribution < 1.29 is 14.0 Å². The van der Waals surface area contributed by atoms with Crippen LogP contribution in [0.4, 0.5) is 4.39 Å². The van der Waals surface area contributed by atoms with Gasteiger partial charge in [-0.1, -0.05) is 25.1 Å². The van der Waals surface area contributed by atoms with E-state index in [1.165, 1.54) is 23.5 Å². The zero-order chi connectivity index (χ0) is 17.8. The molecular formula is C19H21FN2O2S. The first-order valence-corrected chi connectivity index (χ1v) is 9.28. The summed E-state index contributed by atoms with van der Waals surface area (Å²) in [4.78, 5) is 29.2. The van der Waals surface area contributed by atoms with Crippen molar-refractivity contribution in [3.63, 3.8) is 0 Å². The second-order valence-electron chi connectivity index (χ2n) is 6.31. The maximum atomic E-state index is 13.0. The summed E-state index contributed by atoms with van der Waals surface area (Å²) < 4.78 is 13.0. The largest absolute Gasteiger partial charge is 0.339 e. The van der Waals surface area contributed by atoms with Gasteiger partial charge in [0.2, 0.25) is 5.91 Å². The summed E-state index contributed by atoms with van der Waals surface area (Å²) in [6, 6.07) is 10.00. The normalized spacial score (nSPS) is 15.9. The van der Waals surface area contributed by atoms with Gasteiger partial charge in [0.15, 0.2) is 0 Å². The molecule has 0 aliphatic carbocycles. The Labute approximate surface area is 150 Å². The van der Waals surface area contributed by atoms with Gasteiger partial charge in [0.05, 0.1) is 4.88 Å². The fraction of sp³-hybridized carbons (Fsp3) is 0.368. The number of thiophene rings is 1. The molecule has 0 bridgehead atoms. The van der Waals surface area contributed by atoms with Crippen molar-refractivity contribution in [3.05, 3.63) is 58.0 Å². The Kier molecular flexibility index (Phi) is 5.48. The van der Waals surface area contributed by atoms with Gasteiger partial charge in [-0.25, -0.2) is 4.39 Å². The van der Waals surface area contributed by atoms with Gasteiger partial charge >= 0.3 is 0 Å². The van der Waals surface area contributed by atoms with Gasteiger partial charge in [0.1, 0.15) is 5.82 Å². The number of halogens is 1. The topological polar surface area (TPSA) is 40.6 Å². The van der Waals surface area contributed by atoms with Crippen LogP contribution in [0.25, 0.3) is 0 Å². The summed E-state index contributed by atoms with van der Waals surface area (Å²) in [5, 5.41) is 1.89. The summed E-state index contributed by atoms with van der Waals surface area (Å²) in [7, 11) is 0. The van der Waals surface area contributed by atoms with Crippen molar-refractivity contribution in [2.24, 2.45) is 0 Å². The predicted octanol–water partition coefficient (Wildman–Crippen LogP) is 3.37. The molecule has 4 nitrogen and oxygen atoms in total. The molecule has 25 heavy (non-hydrogen) atoms. The van der Waals surface area contributed by atoms with E-state index in [9.17, 15) is 14.0 Å². The lowest BCUT2D eigenvalue weighted by Gasteiger charge is -2.35. The second kappa shape index (κ2) is 7.78. The van der Waals surface area contributed by atoms with E-state index < -0.39 is 0 Å². The number of piperazine rings is 1. The average molecular weight is 360 g/mol. The van der Waals surface area contributed by atoms with E-state index in [1.54, 1.807) is 17.0 Å². The van der Waals surface area contributed by atoms with Crippen LogP contribution in [0.1, 0.15) is 34.5 Å². The SMILES string of the molecule is CC(CC(=O)N1CCN(C(=O)c2cccs2)CC1)c1ccc(F)cc1. The number of rotatable bonds is 4. The number of hydrogen-bond acceptors (Lipinski definition) is 3. The molecule has 132 valence electrons. The lowest BCUT2D eigenvalue weighted by Crippen LogP contribution is -2.50. The van der Waals surface area contributed by atoms with Gasteiger partial charge in [-0.05, 0) is 35.1 Å². The fourth-order valence-electron chi connectivity index (χ4n) is 3.02. The molecule has 1 atom stereocenters. The van der Waals surface area contributed by atoms with Crippen molar-refractivity contribution in [2.75, 3.05) is 26.2 Å². The van der Waals surface area contributed by atoms with Gasteiger partial charge in [-0.3, -0.25) is 9.59 Å². The van der Waals surface area contributed by atoms with Crippen LogP contribution >= 0.6 is 11.3 Å². The van der Waals surface area contributed by atoms with E-state index in [-0.39, 0.29) is 23.5 Å². The third kappa shape index (κ3) is 4.25. The third-order valence-corrected chi connectivity index (χ3v) is 5.43. The molecule has 2 amide bonds. The van der Waals surface area contributed by atoms with E-state index >= 15 is 0 Å². The van der Waals surface area contributed by atoms with Gasteiger partial charge in [-0.2, -0.15) is 0 Å². The van der Waals surface area contributed by atoms with Crippen LogP contribution in [0.15, 0.2) is 41.8 Å². The zero-order valence-electron chi connectivity index (χ0n) is 14.2. The third-order valence-electron chi connectivity index (χ3n) is 4.57. The molecule has 1 aliphatic rings. The number of benzene rings is 1. The minimum atomic E-state index is -0.270. The minimum absolute atomic E-state index is 0.0406. The van der Waals surface area contributed by atoms with Crippen LogP contribution in [0, 0.1) is 5.82 Å². The zero-order valence-corrected chi connectivity index (χ0v) is 15.0. The number of nitrogens with zero attached hydrogens (tertiary/aromatic N) is 2. The van der Waals surface area contributed by atoms with Crippen molar-refractivity contribution in [1.29, 1.82) is 0 Å². The molecule has 1 saturated heterocycles. The van der Waals surface area contributed by atoms with Crippen molar-refractivity contribution in [3.8, 4) is 0 Å². The van der Waals surface area contributed by atoms with Crippen LogP contribution in [0.2, 0.25) is 0 Å². The lowest BCUT2D eigenvalue weighted by molar-refractivity contribution is -0.133. The minimum Gasteiger partial charge on any atom is -0.339 e. The van der Waals surface area contributed by atoms with Gasteiger partial charge in [-0.15, -0.1) is 11.3 Å². The average Bonchev–Trinajstić information content (AvgIpc) is 3.16. The molecule has 0 N–H and O–H groups in total. The molecular weight excluding hydrogens is 339 g/mol. The number of amides is 2. The quantitative estimate of drug-likeness (QED) is 0.839. The molecule has 1 aromatic carbocycles. The highest BCUT2D eigenvalue weighted by atomic mass is 32.1. The van der Waals surface area contributed by atoms with Gasteiger partial charge in [0, 0.05) is 32.6 Å². The molecule has 6 heteroatoms. The highest BCUT2D eigenvalue weighted by Gasteiger charge is 2.26.